The first-order valence-electron chi connectivity index (χ1n) is 5.98. The van der Waals surface area contributed by atoms with Gasteiger partial charge in [-0.1, -0.05) is 0 Å². The number of aryl methyl sites for hydroxylation is 2. The molecule has 0 aliphatic rings. The molecule has 0 aromatic carbocycles. The minimum atomic E-state index is 0.637. The number of nitrogens with zero attached hydrogens (tertiary/aromatic N) is 3. The molecule has 2 heterocycles. The van der Waals surface area contributed by atoms with Crippen LogP contribution in [0.5, 0.6) is 0 Å². The quantitative estimate of drug-likeness (QED) is 0.858. The summed E-state index contributed by atoms with van der Waals surface area (Å²) in [5.74, 6) is 0.637. The molecule has 0 spiro atoms. The molecule has 0 unspecified atom stereocenters. The standard InChI is InChI=1S/C13H15BrN4S/c1-4-15-13-16-7-10(14)12(18-13)19-11-6-8(2)5-9(3)17-11/h5-7H,4H2,1-3H3,(H,15,16,18). The van der Waals surface area contributed by atoms with E-state index in [4.69, 9.17) is 0 Å². The van der Waals surface area contributed by atoms with Gasteiger partial charge in [-0.3, -0.25) is 0 Å². The maximum absolute atomic E-state index is 4.51. The predicted molar refractivity (Wildman–Crippen MR) is 81.7 cm³/mol. The molecule has 4 nitrogen and oxygen atoms in total. The molecule has 0 radical (unpaired) electrons. The second-order valence-electron chi connectivity index (χ2n) is 4.10. The lowest BCUT2D eigenvalue weighted by atomic mass is 10.3. The van der Waals surface area contributed by atoms with Crippen LogP contribution in [0, 0.1) is 13.8 Å². The smallest absolute Gasteiger partial charge is 0.223 e. The largest absolute Gasteiger partial charge is 0.354 e. The van der Waals surface area contributed by atoms with Crippen LogP contribution in [0.1, 0.15) is 18.2 Å². The van der Waals surface area contributed by atoms with Crippen LogP contribution in [-0.4, -0.2) is 21.5 Å². The van der Waals surface area contributed by atoms with Crippen molar-refractivity contribution in [2.24, 2.45) is 0 Å². The third-order valence-electron chi connectivity index (χ3n) is 2.32. The van der Waals surface area contributed by atoms with Crippen LogP contribution in [-0.2, 0) is 0 Å². The van der Waals surface area contributed by atoms with Crippen LogP contribution in [0.15, 0.2) is 32.9 Å². The van der Waals surface area contributed by atoms with Gasteiger partial charge < -0.3 is 5.32 Å². The lowest BCUT2D eigenvalue weighted by Gasteiger charge is -2.07. The van der Waals surface area contributed by atoms with Crippen molar-refractivity contribution in [2.45, 2.75) is 30.8 Å². The fourth-order valence-corrected chi connectivity index (χ4v) is 2.97. The molecular formula is C13H15BrN4S. The van der Waals surface area contributed by atoms with Crippen molar-refractivity contribution < 1.29 is 0 Å². The Morgan fingerprint density at radius 2 is 2.05 bits per heavy atom. The van der Waals surface area contributed by atoms with Crippen LogP contribution < -0.4 is 5.32 Å². The molecule has 1 N–H and O–H groups in total. The Labute approximate surface area is 125 Å². The molecule has 0 atom stereocenters. The molecule has 0 saturated carbocycles. The van der Waals surface area contributed by atoms with Crippen molar-refractivity contribution in [1.29, 1.82) is 0 Å². The highest BCUT2D eigenvalue weighted by molar-refractivity contribution is 9.10. The van der Waals surface area contributed by atoms with Crippen molar-refractivity contribution in [3.8, 4) is 0 Å². The van der Waals surface area contributed by atoms with Crippen molar-refractivity contribution >= 4 is 33.6 Å². The average molecular weight is 339 g/mol. The summed E-state index contributed by atoms with van der Waals surface area (Å²) in [7, 11) is 0. The third kappa shape index (κ3) is 3.91. The number of anilines is 1. The van der Waals surface area contributed by atoms with Crippen molar-refractivity contribution in [3.63, 3.8) is 0 Å². The van der Waals surface area contributed by atoms with Gasteiger partial charge in [0.1, 0.15) is 10.1 Å². The van der Waals surface area contributed by atoms with E-state index < -0.39 is 0 Å². The minimum absolute atomic E-state index is 0.637. The van der Waals surface area contributed by atoms with Gasteiger partial charge in [0.05, 0.1) is 4.47 Å². The highest BCUT2D eigenvalue weighted by atomic mass is 79.9. The van der Waals surface area contributed by atoms with Gasteiger partial charge in [0.25, 0.3) is 0 Å². The Hall–Kier alpha value is -1.14. The Morgan fingerprint density at radius 1 is 1.26 bits per heavy atom. The Balaban J connectivity index is 2.28. The molecule has 0 aliphatic carbocycles. The maximum atomic E-state index is 4.51. The molecule has 6 heteroatoms. The number of nitrogens with one attached hydrogen (secondary N) is 1. The Bertz CT molecular complexity index is 569. The highest BCUT2D eigenvalue weighted by Gasteiger charge is 2.08. The lowest BCUT2D eigenvalue weighted by Crippen LogP contribution is -2.02. The van der Waals surface area contributed by atoms with E-state index in [1.807, 2.05) is 13.8 Å². The van der Waals surface area contributed by atoms with E-state index >= 15 is 0 Å². The first kappa shape index (κ1) is 14.3. The number of pyridine rings is 1. The van der Waals surface area contributed by atoms with Gasteiger partial charge >= 0.3 is 0 Å². The first-order valence-corrected chi connectivity index (χ1v) is 7.59. The molecule has 0 fully saturated rings. The van der Waals surface area contributed by atoms with Gasteiger partial charge in [-0.25, -0.2) is 15.0 Å². The summed E-state index contributed by atoms with van der Waals surface area (Å²) < 4.78 is 0.875. The van der Waals surface area contributed by atoms with Crippen molar-refractivity contribution in [3.05, 3.63) is 34.1 Å². The van der Waals surface area contributed by atoms with E-state index in [9.17, 15) is 0 Å². The van der Waals surface area contributed by atoms with E-state index in [1.54, 1.807) is 6.20 Å². The van der Waals surface area contributed by atoms with E-state index in [1.165, 1.54) is 17.3 Å². The van der Waals surface area contributed by atoms with Crippen LogP contribution in [0.2, 0.25) is 0 Å². The zero-order valence-electron chi connectivity index (χ0n) is 11.1. The van der Waals surface area contributed by atoms with Crippen LogP contribution in [0.25, 0.3) is 0 Å². The molecular weight excluding hydrogens is 324 g/mol. The molecule has 0 bridgehead atoms. The van der Waals surface area contributed by atoms with Crippen molar-refractivity contribution in [1.82, 2.24) is 15.0 Å². The molecule has 0 amide bonds. The second-order valence-corrected chi connectivity index (χ2v) is 5.97. The molecule has 19 heavy (non-hydrogen) atoms. The fourth-order valence-electron chi connectivity index (χ4n) is 1.62. The monoisotopic (exact) mass is 338 g/mol. The summed E-state index contributed by atoms with van der Waals surface area (Å²) in [6.07, 6.45) is 1.76. The van der Waals surface area contributed by atoms with Crippen LogP contribution in [0.4, 0.5) is 5.95 Å². The van der Waals surface area contributed by atoms with Gasteiger partial charge in [-0.15, -0.1) is 0 Å². The summed E-state index contributed by atoms with van der Waals surface area (Å²) in [5.41, 5.74) is 2.21. The van der Waals surface area contributed by atoms with Crippen LogP contribution >= 0.6 is 27.7 Å². The second kappa shape index (κ2) is 6.34. The van der Waals surface area contributed by atoms with Gasteiger partial charge in [0, 0.05) is 18.4 Å². The molecule has 2 aromatic heterocycles. The van der Waals surface area contributed by atoms with E-state index in [-0.39, 0.29) is 0 Å². The molecule has 0 aliphatic heterocycles. The average Bonchev–Trinajstić information content (AvgIpc) is 2.32. The number of aromatic nitrogens is 3. The number of hydrogen-bond donors (Lipinski definition) is 1. The Morgan fingerprint density at radius 3 is 2.74 bits per heavy atom. The van der Waals surface area contributed by atoms with E-state index in [0.29, 0.717) is 5.95 Å². The fraction of sp³-hybridized carbons (Fsp3) is 0.308. The summed E-state index contributed by atoms with van der Waals surface area (Å²) in [4.78, 5) is 13.2. The number of halogens is 1. The highest BCUT2D eigenvalue weighted by Crippen LogP contribution is 2.31. The predicted octanol–water partition coefficient (Wildman–Crippen LogP) is 3.83. The van der Waals surface area contributed by atoms with Crippen LogP contribution in [0.3, 0.4) is 0 Å². The topological polar surface area (TPSA) is 50.7 Å². The zero-order valence-corrected chi connectivity index (χ0v) is 13.5. The summed E-state index contributed by atoms with van der Waals surface area (Å²) in [6, 6.07) is 4.11. The first-order chi connectivity index (χ1) is 9.08. The van der Waals surface area contributed by atoms with E-state index in [2.05, 4.69) is 55.3 Å². The molecule has 2 aromatic rings. The minimum Gasteiger partial charge on any atom is -0.354 e. The molecule has 100 valence electrons. The number of rotatable bonds is 4. The van der Waals surface area contributed by atoms with Gasteiger partial charge in [0.2, 0.25) is 5.95 Å². The van der Waals surface area contributed by atoms with Gasteiger partial charge in [-0.05, 0) is 66.2 Å². The van der Waals surface area contributed by atoms with Gasteiger partial charge in [-0.2, -0.15) is 0 Å². The lowest BCUT2D eigenvalue weighted by molar-refractivity contribution is 0.988. The zero-order chi connectivity index (χ0) is 13.8. The SMILES string of the molecule is CCNc1ncc(Br)c(Sc2cc(C)cc(C)n2)n1. The molecule has 0 saturated heterocycles. The maximum Gasteiger partial charge on any atom is 0.223 e. The summed E-state index contributed by atoms with van der Waals surface area (Å²) in [5, 5.41) is 4.92. The van der Waals surface area contributed by atoms with Gasteiger partial charge in [0.15, 0.2) is 0 Å². The third-order valence-corrected chi connectivity index (χ3v) is 4.09. The Kier molecular flexibility index (Phi) is 4.76. The summed E-state index contributed by atoms with van der Waals surface area (Å²) >= 11 is 5.01. The normalized spacial score (nSPS) is 10.5. The summed E-state index contributed by atoms with van der Waals surface area (Å²) in [6.45, 7) is 6.88. The number of hydrogen-bond acceptors (Lipinski definition) is 5. The van der Waals surface area contributed by atoms with E-state index in [0.717, 1.165) is 26.8 Å². The molecule has 2 rings (SSSR count). The van der Waals surface area contributed by atoms with Crippen molar-refractivity contribution in [2.75, 3.05) is 11.9 Å².